The summed E-state index contributed by atoms with van der Waals surface area (Å²) in [5.74, 6) is 2.03. The van der Waals surface area contributed by atoms with Crippen LogP contribution in [-0.2, 0) is 48.1 Å². The van der Waals surface area contributed by atoms with Crippen molar-refractivity contribution in [3.63, 3.8) is 0 Å². The molecule has 2 aromatic heterocycles. The van der Waals surface area contributed by atoms with Crippen LogP contribution in [0.5, 0.6) is 11.5 Å². The fourth-order valence-corrected chi connectivity index (χ4v) is 11.2. The van der Waals surface area contributed by atoms with Gasteiger partial charge in [-0.1, -0.05) is 204 Å². The van der Waals surface area contributed by atoms with E-state index in [1.165, 1.54) is 44.5 Å². The molecule has 0 aliphatic carbocycles. The van der Waals surface area contributed by atoms with Crippen molar-refractivity contribution in [1.82, 2.24) is 9.55 Å². The number of aromatic nitrogens is 2. The summed E-state index contributed by atoms with van der Waals surface area (Å²) < 4.78 is 9.06. The number of pyridine rings is 1. The Morgan fingerprint density at radius 3 is 1.56 bits per heavy atom. The smallest absolute Gasteiger partial charge is 0.135 e. The summed E-state index contributed by atoms with van der Waals surface area (Å²) >= 11 is 0. The van der Waals surface area contributed by atoms with Gasteiger partial charge >= 0.3 is 0 Å². The molecule has 0 spiro atoms. The van der Waals surface area contributed by atoms with Crippen molar-refractivity contribution in [2.75, 3.05) is 9.80 Å². The molecular weight excluding hydrogens is 1120 g/mol. The van der Waals surface area contributed by atoms with Gasteiger partial charge in [0.15, 0.2) is 0 Å². The molecule has 0 N–H and O–H groups in total. The van der Waals surface area contributed by atoms with E-state index in [-0.39, 0.29) is 48.1 Å². The van der Waals surface area contributed by atoms with E-state index in [0.29, 0.717) is 11.5 Å². The van der Waals surface area contributed by atoms with Gasteiger partial charge in [0.05, 0.1) is 0 Å². The van der Waals surface area contributed by atoms with Crippen LogP contribution < -0.4 is 14.5 Å². The zero-order chi connectivity index (χ0) is 53.4. The summed E-state index contributed by atoms with van der Waals surface area (Å²) in [6, 6.07) is 75.5. The molecule has 0 saturated carbocycles. The minimum absolute atomic E-state index is 0. The van der Waals surface area contributed by atoms with Gasteiger partial charge in [-0.05, 0) is 103 Å². The first-order valence-corrected chi connectivity index (χ1v) is 26.8. The van der Waals surface area contributed by atoms with Gasteiger partial charge in [-0.2, -0.15) is 12.1 Å². The average molecular weight is 1190 g/mol. The number of fused-ring (bicyclic) bond motifs is 4. The first-order valence-electron chi connectivity index (χ1n) is 26.8. The van der Waals surface area contributed by atoms with Crippen molar-refractivity contribution in [2.45, 2.75) is 110 Å². The molecule has 5 nitrogen and oxygen atoms in total. The third-order valence-corrected chi connectivity index (χ3v) is 16.1. The van der Waals surface area contributed by atoms with Crippen LogP contribution in [0.1, 0.15) is 128 Å². The van der Waals surface area contributed by atoms with Gasteiger partial charge < -0.3 is 19.1 Å². The fraction of sp³-hybridized carbons (Fsp3) is 0.239. The van der Waals surface area contributed by atoms with E-state index in [1.54, 1.807) is 0 Å². The normalized spacial score (nSPS) is 13.2. The topological polar surface area (TPSA) is 33.5 Å². The molecular formula is C71H69N4OPt-3. The summed E-state index contributed by atoms with van der Waals surface area (Å²) in [7, 11) is 0. The summed E-state index contributed by atoms with van der Waals surface area (Å²) in [4.78, 5) is 9.62. The molecule has 392 valence electrons. The Labute approximate surface area is 471 Å². The predicted molar refractivity (Wildman–Crippen MR) is 317 cm³/mol. The number of benzene rings is 8. The van der Waals surface area contributed by atoms with Crippen LogP contribution in [0.3, 0.4) is 0 Å². The van der Waals surface area contributed by atoms with Crippen LogP contribution in [0, 0.1) is 18.8 Å². The quantitative estimate of drug-likeness (QED) is 0.121. The monoisotopic (exact) mass is 1190 g/mol. The maximum Gasteiger partial charge on any atom is 0.135 e. The van der Waals surface area contributed by atoms with E-state index in [4.69, 9.17) is 9.72 Å². The third kappa shape index (κ3) is 9.82. The third-order valence-electron chi connectivity index (χ3n) is 16.1. The molecule has 6 heteroatoms. The number of nitrogens with zero attached hydrogens (tertiary/aromatic N) is 4. The number of hydrogen-bond donors (Lipinski definition) is 0. The van der Waals surface area contributed by atoms with Crippen LogP contribution in [-0.4, -0.2) is 9.55 Å². The second kappa shape index (κ2) is 20.0. The first-order chi connectivity index (χ1) is 36.2. The number of hydrogen-bond acceptors (Lipinski definition) is 4. The number of anilines is 4. The van der Waals surface area contributed by atoms with Gasteiger partial charge in [0.2, 0.25) is 0 Å². The largest absolute Gasteiger partial charge is 0.509 e. The van der Waals surface area contributed by atoms with Crippen molar-refractivity contribution in [2.24, 2.45) is 0 Å². The van der Waals surface area contributed by atoms with E-state index < -0.39 is 0 Å². The van der Waals surface area contributed by atoms with Crippen LogP contribution in [0.15, 0.2) is 194 Å². The first kappa shape index (κ1) is 53.2. The van der Waals surface area contributed by atoms with Gasteiger partial charge in [0.1, 0.15) is 5.82 Å². The van der Waals surface area contributed by atoms with Crippen LogP contribution in [0.25, 0.3) is 27.6 Å². The predicted octanol–water partition coefficient (Wildman–Crippen LogP) is 18.6. The van der Waals surface area contributed by atoms with Crippen LogP contribution in [0.2, 0.25) is 0 Å². The molecule has 1 aliphatic heterocycles. The summed E-state index contributed by atoms with van der Waals surface area (Å²) in [6.45, 7) is 30.1. The summed E-state index contributed by atoms with van der Waals surface area (Å²) in [6.07, 6.45) is 1.91. The van der Waals surface area contributed by atoms with Crippen molar-refractivity contribution in [3.8, 4) is 17.3 Å². The van der Waals surface area contributed by atoms with Gasteiger partial charge in [0, 0.05) is 77.6 Å². The Balaban J connectivity index is 0.00000672. The number of para-hydroxylation sites is 1. The average Bonchev–Trinajstić information content (AvgIpc) is 3.98. The van der Waals surface area contributed by atoms with E-state index in [1.807, 2.05) is 18.3 Å². The van der Waals surface area contributed by atoms with Crippen molar-refractivity contribution < 1.29 is 25.8 Å². The molecule has 10 aromatic rings. The maximum absolute atomic E-state index is 6.85. The van der Waals surface area contributed by atoms with Crippen molar-refractivity contribution in [3.05, 3.63) is 258 Å². The van der Waals surface area contributed by atoms with E-state index in [2.05, 4.69) is 292 Å². The van der Waals surface area contributed by atoms with Gasteiger partial charge in [-0.3, -0.25) is 0 Å². The molecule has 0 unspecified atom stereocenters. The molecule has 77 heavy (non-hydrogen) atoms. The zero-order valence-electron chi connectivity index (χ0n) is 46.6. The Hall–Kier alpha value is -7.20. The minimum Gasteiger partial charge on any atom is -0.509 e. The molecule has 0 fully saturated rings. The van der Waals surface area contributed by atoms with Crippen molar-refractivity contribution >= 4 is 44.6 Å². The molecule has 11 rings (SSSR count). The SMILES string of the molecule is CC(C)(C)c1cc(N2[CH-]N(c3[c-]c(Oc4[c-]c5c(cc4)c4ccccc4n5-c4cc(C(C)(C)C)ccn4)ccc3)c3cc(C(C)(C)c4ccccc4)c(C(C)(C)c4ccccc4)cc32)cc(C(C)(C)c2ccccc2)c1.[Pt]. The second-order valence-electron chi connectivity index (χ2n) is 24.3. The number of rotatable bonds is 11. The fourth-order valence-electron chi connectivity index (χ4n) is 11.2. The Kier molecular flexibility index (Phi) is 13.8. The molecule has 0 radical (unpaired) electrons. The molecule has 0 saturated heterocycles. The van der Waals surface area contributed by atoms with E-state index in [9.17, 15) is 0 Å². The zero-order valence-corrected chi connectivity index (χ0v) is 48.8. The van der Waals surface area contributed by atoms with Gasteiger partial charge in [0.25, 0.3) is 0 Å². The minimum atomic E-state index is -0.370. The second-order valence-corrected chi connectivity index (χ2v) is 24.3. The van der Waals surface area contributed by atoms with E-state index in [0.717, 1.165) is 50.4 Å². The summed E-state index contributed by atoms with van der Waals surface area (Å²) in [5, 5.41) is 2.22. The van der Waals surface area contributed by atoms with Crippen LogP contribution >= 0.6 is 0 Å². The van der Waals surface area contributed by atoms with Gasteiger partial charge in [-0.25, -0.2) is 4.98 Å². The Morgan fingerprint density at radius 1 is 0.429 bits per heavy atom. The van der Waals surface area contributed by atoms with Crippen molar-refractivity contribution in [1.29, 1.82) is 0 Å². The Morgan fingerprint density at radius 2 is 0.961 bits per heavy atom. The molecule has 3 heterocycles. The molecule has 0 amide bonds. The molecule has 8 aromatic carbocycles. The summed E-state index contributed by atoms with van der Waals surface area (Å²) in [5.41, 5.74) is 15.0. The molecule has 0 bridgehead atoms. The van der Waals surface area contributed by atoms with Gasteiger partial charge in [-0.15, -0.1) is 48.1 Å². The Bertz CT molecular complexity index is 3770. The molecule has 0 atom stereocenters. The maximum atomic E-state index is 6.85. The standard InChI is InChI=1S/C71H69N4O.Pt/c1-67(2,3)51-37-38-72-66(42-51)75-62-34-23-22-33-58(62)59-36-35-57(44-63(59)75)76-56-32-24-31-54(43-56)73-47-74(55-40-52(68(4,5)6)39-53(41-55)69(7,8)48-25-16-13-17-26-48)65-46-61(71(11,12)50-29-20-15-21-30-50)60(45-64(65)73)70(9,10)49-27-18-14-19-28-49;/h13-42,45-47H,1-12H3;/q-3;. The van der Waals surface area contributed by atoms with E-state index >= 15 is 0 Å². The molecule has 1 aliphatic rings. The van der Waals surface area contributed by atoms with Crippen LogP contribution in [0.4, 0.5) is 22.7 Å². The number of ether oxygens (including phenoxy) is 1.